The Morgan fingerprint density at radius 1 is 0.380 bits per heavy atom. The van der Waals surface area contributed by atoms with Gasteiger partial charge in [-0.2, -0.15) is 0 Å². The lowest BCUT2D eigenvalue weighted by Gasteiger charge is -2.38. The second-order valence-electron chi connectivity index (χ2n) is 16.5. The molecular formula is C46H52Br2Si2. The lowest BCUT2D eigenvalue weighted by Crippen LogP contribution is -2.43. The van der Waals surface area contributed by atoms with Crippen molar-refractivity contribution in [3.63, 3.8) is 0 Å². The summed E-state index contributed by atoms with van der Waals surface area (Å²) in [6.07, 6.45) is 0. The van der Waals surface area contributed by atoms with Gasteiger partial charge in [0.15, 0.2) is 0 Å². The molecule has 0 amide bonds. The molecular weight excluding hydrogens is 768 g/mol. The number of fused-ring (bicyclic) bond motifs is 4. The molecule has 0 N–H and O–H groups in total. The molecule has 0 aliphatic heterocycles. The molecule has 0 atom stereocenters. The zero-order valence-electron chi connectivity index (χ0n) is 32.0. The molecule has 0 aliphatic rings. The Hall–Kier alpha value is -2.61. The summed E-state index contributed by atoms with van der Waals surface area (Å²) in [7, 11) is -3.95. The highest BCUT2D eigenvalue weighted by atomic mass is 79.9. The molecule has 0 bridgehead atoms. The van der Waals surface area contributed by atoms with Crippen molar-refractivity contribution < 1.29 is 0 Å². The Balaban J connectivity index is 1.83. The van der Waals surface area contributed by atoms with Crippen molar-refractivity contribution in [3.05, 3.63) is 80.7 Å². The van der Waals surface area contributed by atoms with E-state index in [-0.39, 0.29) is 0 Å². The van der Waals surface area contributed by atoms with Crippen molar-refractivity contribution in [1.29, 1.82) is 0 Å². The number of benzene rings is 6. The average Bonchev–Trinajstić information content (AvgIpc) is 3.03. The molecule has 4 heteroatoms. The zero-order chi connectivity index (χ0) is 36.4. The van der Waals surface area contributed by atoms with E-state index < -0.39 is 16.1 Å². The maximum Gasteiger partial charge on any atom is 0.146 e. The minimum Gasteiger partial charge on any atom is -0.125 e. The van der Waals surface area contributed by atoms with E-state index in [1.54, 1.807) is 0 Å². The van der Waals surface area contributed by atoms with Gasteiger partial charge in [0.1, 0.15) is 16.1 Å². The van der Waals surface area contributed by atoms with Crippen molar-refractivity contribution in [1.82, 2.24) is 0 Å². The van der Waals surface area contributed by atoms with E-state index >= 15 is 0 Å². The highest BCUT2D eigenvalue weighted by Gasteiger charge is 2.43. The van der Waals surface area contributed by atoms with Gasteiger partial charge in [-0.15, -0.1) is 11.1 Å². The van der Waals surface area contributed by atoms with Gasteiger partial charge >= 0.3 is 0 Å². The van der Waals surface area contributed by atoms with Crippen LogP contribution in [0.3, 0.4) is 0 Å². The molecule has 0 radical (unpaired) electrons. The van der Waals surface area contributed by atoms with E-state index in [0.29, 0.717) is 33.2 Å². The lowest BCUT2D eigenvalue weighted by molar-refractivity contribution is 0.838. The Morgan fingerprint density at radius 3 is 0.960 bits per heavy atom. The predicted octanol–water partition coefficient (Wildman–Crippen LogP) is 15.6. The molecule has 0 saturated heterocycles. The summed E-state index contributed by atoms with van der Waals surface area (Å²) in [6, 6.07) is 23.0. The molecule has 6 aromatic rings. The van der Waals surface area contributed by atoms with Crippen molar-refractivity contribution in [2.75, 3.05) is 0 Å². The van der Waals surface area contributed by atoms with Gasteiger partial charge in [0, 0.05) is 20.1 Å². The van der Waals surface area contributed by atoms with Crippen LogP contribution >= 0.6 is 31.9 Å². The quantitative estimate of drug-likeness (QED) is 0.0680. The van der Waals surface area contributed by atoms with Crippen molar-refractivity contribution in [2.24, 2.45) is 0 Å². The largest absolute Gasteiger partial charge is 0.146 e. The molecule has 50 heavy (non-hydrogen) atoms. The van der Waals surface area contributed by atoms with Crippen molar-refractivity contribution >= 4 is 102 Å². The molecule has 0 spiro atoms. The fourth-order valence-electron chi connectivity index (χ4n) is 10.0. The van der Waals surface area contributed by atoms with E-state index in [2.05, 4.69) is 199 Å². The molecule has 0 heterocycles. The Morgan fingerprint density at radius 2 is 0.660 bits per heavy atom. The van der Waals surface area contributed by atoms with Gasteiger partial charge in [-0.3, -0.25) is 0 Å². The number of halogens is 2. The summed E-state index contributed by atoms with van der Waals surface area (Å²) in [4.78, 5) is 0. The summed E-state index contributed by atoms with van der Waals surface area (Å²) >= 11 is 7.64. The van der Waals surface area contributed by atoms with Gasteiger partial charge in [0.2, 0.25) is 0 Å². The van der Waals surface area contributed by atoms with E-state index in [9.17, 15) is 0 Å². The van der Waals surface area contributed by atoms with Crippen LogP contribution in [0.15, 0.2) is 69.6 Å². The number of rotatable bonds is 6. The smallest absolute Gasteiger partial charge is 0.125 e. The molecule has 0 unspecified atom stereocenters. The fraction of sp³-hybridized carbons (Fsp3) is 0.391. The highest BCUT2D eigenvalue weighted by molar-refractivity contribution is 9.10. The Bertz CT molecular complexity index is 2180. The van der Waals surface area contributed by atoms with Crippen molar-refractivity contribution in [3.8, 4) is 22.9 Å². The van der Waals surface area contributed by atoms with Crippen molar-refractivity contribution in [2.45, 2.75) is 116 Å². The predicted molar refractivity (Wildman–Crippen MR) is 236 cm³/mol. The van der Waals surface area contributed by atoms with Crippen LogP contribution in [0.2, 0.25) is 33.2 Å². The summed E-state index contributed by atoms with van der Waals surface area (Å²) in [6.45, 7) is 28.8. The Labute approximate surface area is 319 Å². The van der Waals surface area contributed by atoms with Gasteiger partial charge in [-0.1, -0.05) is 163 Å². The van der Waals surface area contributed by atoms with Crippen LogP contribution in [0, 0.1) is 22.9 Å². The minimum atomic E-state index is -1.98. The third-order valence-electron chi connectivity index (χ3n) is 12.3. The first-order valence-corrected chi connectivity index (χ1v) is 24.6. The second-order valence-corrected chi connectivity index (χ2v) is 29.5. The van der Waals surface area contributed by atoms with Gasteiger partial charge in [-0.25, -0.2) is 0 Å². The molecule has 0 nitrogen and oxygen atoms in total. The second kappa shape index (κ2) is 13.7. The maximum atomic E-state index is 4.10. The number of hydrogen-bond donors (Lipinski definition) is 0. The van der Waals surface area contributed by atoms with Gasteiger partial charge < -0.3 is 0 Å². The molecule has 0 saturated carbocycles. The summed E-state index contributed by atoms with van der Waals surface area (Å²) < 4.78 is 2.17. The summed E-state index contributed by atoms with van der Waals surface area (Å²) in [5, 5.41) is 12.7. The molecule has 6 rings (SSSR count). The first kappa shape index (κ1) is 37.2. The lowest BCUT2D eigenvalue weighted by atomic mass is 9.84. The van der Waals surface area contributed by atoms with Gasteiger partial charge in [-0.05, 0) is 111 Å². The SMILES string of the molecule is CC(C)[Si](C#Cc1c2cc(Br)ccc2c2ccc3c(C#C[Si](C(C)C)(C(C)C)C(C)C)c4cc(Br)ccc4c4ccc1c2c34)(C(C)C)C(C)C. The van der Waals surface area contributed by atoms with E-state index in [1.807, 2.05) is 0 Å². The van der Waals surface area contributed by atoms with Gasteiger partial charge in [0.25, 0.3) is 0 Å². The standard InChI is InChI=1S/C46H52Br2Si2/c1-27(2)49(28(3)4,29(5)6)23-21-37-41-19-17-40-36-16-14-34(48)26-44(36)38(22-24-50(30(7)8,31(9)10)32(11)12)42-20-18-39(45(41)46(40)42)35-15-13-33(47)25-43(35)37/h13-20,25-32H,1-12H3. The minimum absolute atomic E-state index is 0.567. The van der Waals surface area contributed by atoms with Crippen LogP contribution < -0.4 is 0 Å². The first-order valence-electron chi connectivity index (χ1n) is 18.6. The monoisotopic (exact) mass is 818 g/mol. The highest BCUT2D eigenvalue weighted by Crippen LogP contribution is 2.47. The van der Waals surface area contributed by atoms with Crippen LogP contribution in [-0.2, 0) is 0 Å². The molecule has 258 valence electrons. The topological polar surface area (TPSA) is 0 Å². The van der Waals surface area contributed by atoms with E-state index in [4.69, 9.17) is 0 Å². The fourth-order valence-corrected chi connectivity index (χ4v) is 21.2. The Kier molecular flexibility index (Phi) is 10.2. The van der Waals surface area contributed by atoms with Crippen LogP contribution in [0.5, 0.6) is 0 Å². The van der Waals surface area contributed by atoms with Gasteiger partial charge in [0.05, 0.1) is 0 Å². The van der Waals surface area contributed by atoms with Crippen LogP contribution in [-0.4, -0.2) is 16.1 Å². The number of hydrogen-bond acceptors (Lipinski definition) is 0. The van der Waals surface area contributed by atoms with Crippen LogP contribution in [0.25, 0.3) is 53.9 Å². The molecule has 0 aromatic heterocycles. The maximum absolute atomic E-state index is 4.10. The van der Waals surface area contributed by atoms with Crippen LogP contribution in [0.1, 0.15) is 94.2 Å². The summed E-state index contributed by atoms with van der Waals surface area (Å²) in [5.41, 5.74) is 13.9. The molecule has 0 aliphatic carbocycles. The zero-order valence-corrected chi connectivity index (χ0v) is 37.2. The normalized spacial score (nSPS) is 13.0. The third-order valence-corrected chi connectivity index (χ3v) is 25.9. The first-order chi connectivity index (χ1) is 23.6. The third kappa shape index (κ3) is 5.69. The van der Waals surface area contributed by atoms with Crippen LogP contribution in [0.4, 0.5) is 0 Å². The average molecular weight is 821 g/mol. The van der Waals surface area contributed by atoms with E-state index in [0.717, 1.165) is 20.1 Å². The molecule has 6 aromatic carbocycles. The summed E-state index contributed by atoms with van der Waals surface area (Å²) in [5.74, 6) is 7.92. The van der Waals surface area contributed by atoms with E-state index in [1.165, 1.54) is 53.9 Å². The molecule has 0 fully saturated rings.